The highest BCUT2D eigenvalue weighted by atomic mass is 28.4. The van der Waals surface area contributed by atoms with E-state index >= 15 is 0 Å². The van der Waals surface area contributed by atoms with Gasteiger partial charge in [0.1, 0.15) is 5.75 Å². The molecule has 4 aromatic carbocycles. The first-order valence-electron chi connectivity index (χ1n) is 17.9. The van der Waals surface area contributed by atoms with E-state index < -0.39 is 42.3 Å². The summed E-state index contributed by atoms with van der Waals surface area (Å²) in [4.78, 5) is 69.7. The lowest BCUT2D eigenvalue weighted by molar-refractivity contribution is -0.385. The minimum atomic E-state index is -3.17. The van der Waals surface area contributed by atoms with E-state index in [2.05, 4.69) is 0 Å². The Kier molecular flexibility index (Phi) is 9.87. The van der Waals surface area contributed by atoms with Gasteiger partial charge in [-0.1, -0.05) is 61.5 Å². The standard InChI is InChI=1S/C40H42N4O9Si/c1-26-38(54(2,3)51)35(22-36(46)41(19-20-45)23-27-9-5-4-6-10-27)53-40(26)31-21-30(44(49)50)17-18-32(31)42(39(40)48)24-28-13-15-29(16-14-28)43-33-11-7-8-12-34(33)52-25-37(43)47/h4-18,21,26,35,38,45,51H,19-20,22-25H2,1-3H3/t26-,35+,38-,40+/m1/s1. The molecule has 3 aliphatic heterocycles. The number of para-hydroxylation sites is 2. The van der Waals surface area contributed by atoms with Crippen molar-refractivity contribution in [3.8, 4) is 5.75 Å². The smallest absolute Gasteiger partial charge is 0.269 e. The molecule has 0 aliphatic carbocycles. The number of non-ortho nitro benzene ring substituents is 1. The Bertz CT molecular complexity index is 2090. The van der Waals surface area contributed by atoms with Crippen molar-refractivity contribution in [1.29, 1.82) is 0 Å². The summed E-state index contributed by atoms with van der Waals surface area (Å²) in [6.45, 7) is 5.37. The molecular weight excluding hydrogens is 709 g/mol. The van der Waals surface area contributed by atoms with Crippen LogP contribution in [0, 0.1) is 16.0 Å². The number of nitro benzene ring substituents is 1. The number of carbonyl (C=O) groups excluding carboxylic acids is 3. The Hall–Kier alpha value is -5.41. The summed E-state index contributed by atoms with van der Waals surface area (Å²) in [5.41, 5.74) is 1.08. The Morgan fingerprint density at radius 3 is 2.37 bits per heavy atom. The van der Waals surface area contributed by atoms with Gasteiger partial charge in [-0.05, 0) is 54.6 Å². The van der Waals surface area contributed by atoms with E-state index in [1.807, 2.05) is 61.5 Å². The Morgan fingerprint density at radius 1 is 0.981 bits per heavy atom. The van der Waals surface area contributed by atoms with Crippen LogP contribution in [0.25, 0.3) is 0 Å². The normalized spacial score (nSPS) is 21.9. The zero-order chi connectivity index (χ0) is 38.4. The summed E-state index contributed by atoms with van der Waals surface area (Å²) in [6, 6.07) is 28.1. The molecule has 0 aromatic heterocycles. The molecule has 1 spiro atoms. The molecule has 0 bridgehead atoms. The second-order valence-electron chi connectivity index (χ2n) is 14.6. The Balaban J connectivity index is 1.21. The van der Waals surface area contributed by atoms with Crippen LogP contribution in [0.15, 0.2) is 97.1 Å². The minimum absolute atomic E-state index is 0.0818. The number of aliphatic hydroxyl groups is 1. The highest BCUT2D eigenvalue weighted by molar-refractivity contribution is 6.71. The topological polar surface area (TPSA) is 163 Å². The largest absolute Gasteiger partial charge is 0.482 e. The van der Waals surface area contributed by atoms with Crippen molar-refractivity contribution in [3.63, 3.8) is 0 Å². The SMILES string of the molecule is C[C@@H]1[C@@H]([Si](C)(C)O)[C@H](CC(=O)N(CCO)Cc2ccccc2)O[C@@]12C(=O)N(Cc1ccc(N3C(=O)COc4ccccc43)cc1)c1ccc([N+](=O)[O-])cc12. The number of anilines is 3. The molecule has 2 N–H and O–H groups in total. The summed E-state index contributed by atoms with van der Waals surface area (Å²) in [5, 5.41) is 21.9. The van der Waals surface area contributed by atoms with Gasteiger partial charge in [-0.25, -0.2) is 0 Å². The predicted octanol–water partition coefficient (Wildman–Crippen LogP) is 5.41. The van der Waals surface area contributed by atoms with E-state index in [9.17, 15) is 34.4 Å². The van der Waals surface area contributed by atoms with E-state index in [4.69, 9.17) is 9.47 Å². The number of rotatable bonds is 11. The van der Waals surface area contributed by atoms with E-state index in [1.54, 1.807) is 53.2 Å². The second-order valence-corrected chi connectivity index (χ2v) is 18.6. The van der Waals surface area contributed by atoms with Crippen LogP contribution in [-0.2, 0) is 37.8 Å². The first-order valence-corrected chi connectivity index (χ1v) is 20.9. The Labute approximate surface area is 313 Å². The van der Waals surface area contributed by atoms with Crippen LogP contribution < -0.4 is 14.5 Å². The van der Waals surface area contributed by atoms with Gasteiger partial charge >= 0.3 is 0 Å². The third-order valence-electron chi connectivity index (χ3n) is 10.7. The molecule has 3 heterocycles. The van der Waals surface area contributed by atoms with Crippen molar-refractivity contribution in [2.24, 2.45) is 5.92 Å². The molecule has 3 amide bonds. The van der Waals surface area contributed by atoms with Crippen LogP contribution in [-0.4, -0.2) is 71.6 Å². The number of hydrogen-bond donors (Lipinski definition) is 2. The van der Waals surface area contributed by atoms with E-state index in [-0.39, 0.29) is 56.8 Å². The lowest BCUT2D eigenvalue weighted by Gasteiger charge is -2.32. The third kappa shape index (κ3) is 6.55. The molecule has 280 valence electrons. The maximum atomic E-state index is 14.9. The molecular formula is C40H42N4O9Si. The van der Waals surface area contributed by atoms with E-state index in [1.165, 1.54) is 17.0 Å². The van der Waals surface area contributed by atoms with Gasteiger partial charge in [0.05, 0.1) is 42.0 Å². The van der Waals surface area contributed by atoms with Crippen LogP contribution >= 0.6 is 0 Å². The molecule has 0 unspecified atom stereocenters. The Morgan fingerprint density at radius 2 is 1.69 bits per heavy atom. The molecule has 4 aromatic rings. The molecule has 54 heavy (non-hydrogen) atoms. The fourth-order valence-corrected chi connectivity index (χ4v) is 10.9. The average molecular weight is 751 g/mol. The summed E-state index contributed by atoms with van der Waals surface area (Å²) in [7, 11) is -3.17. The van der Waals surface area contributed by atoms with Gasteiger partial charge in [0, 0.05) is 47.9 Å². The lowest BCUT2D eigenvalue weighted by atomic mass is 9.82. The number of aliphatic hydroxyl groups excluding tert-OH is 1. The first-order chi connectivity index (χ1) is 25.8. The molecule has 0 radical (unpaired) electrons. The van der Waals surface area contributed by atoms with Crippen molar-refractivity contribution < 1.29 is 38.7 Å². The van der Waals surface area contributed by atoms with Gasteiger partial charge in [-0.3, -0.25) is 29.4 Å². The summed E-state index contributed by atoms with van der Waals surface area (Å²) < 4.78 is 12.4. The third-order valence-corrected chi connectivity index (χ3v) is 13.2. The molecule has 4 atom stereocenters. The highest BCUT2D eigenvalue weighted by Gasteiger charge is 2.66. The van der Waals surface area contributed by atoms with Crippen LogP contribution in [0.5, 0.6) is 5.75 Å². The van der Waals surface area contributed by atoms with Crippen molar-refractivity contribution in [3.05, 3.63) is 124 Å². The summed E-state index contributed by atoms with van der Waals surface area (Å²) in [6.07, 6.45) is -1.05. The zero-order valence-electron chi connectivity index (χ0n) is 30.3. The number of hydrogen-bond acceptors (Lipinski definition) is 9. The highest BCUT2D eigenvalue weighted by Crippen LogP contribution is 2.60. The van der Waals surface area contributed by atoms with Crippen LogP contribution in [0.1, 0.15) is 30.0 Å². The van der Waals surface area contributed by atoms with E-state index in [0.29, 0.717) is 28.4 Å². The van der Waals surface area contributed by atoms with Gasteiger partial charge in [0.25, 0.3) is 17.5 Å². The maximum Gasteiger partial charge on any atom is 0.269 e. The predicted molar refractivity (Wildman–Crippen MR) is 203 cm³/mol. The average Bonchev–Trinajstić information content (AvgIpc) is 3.57. The van der Waals surface area contributed by atoms with Gasteiger partial charge in [0.2, 0.25) is 5.91 Å². The maximum absolute atomic E-state index is 14.9. The summed E-state index contributed by atoms with van der Waals surface area (Å²) in [5.74, 6) is -1.04. The minimum Gasteiger partial charge on any atom is -0.482 e. The van der Waals surface area contributed by atoms with Crippen LogP contribution in [0.4, 0.5) is 22.7 Å². The van der Waals surface area contributed by atoms with Gasteiger partial charge in [0.15, 0.2) is 20.5 Å². The fourth-order valence-electron chi connectivity index (χ4n) is 8.37. The number of nitrogens with zero attached hydrogens (tertiary/aromatic N) is 4. The first kappa shape index (κ1) is 36.9. The monoisotopic (exact) mass is 750 g/mol. The molecule has 13 nitrogen and oxygen atoms in total. The molecule has 1 saturated heterocycles. The number of fused-ring (bicyclic) bond motifs is 3. The lowest BCUT2D eigenvalue weighted by Crippen LogP contribution is -2.46. The summed E-state index contributed by atoms with van der Waals surface area (Å²) >= 11 is 0. The van der Waals surface area contributed by atoms with Crippen LogP contribution in [0.3, 0.4) is 0 Å². The van der Waals surface area contributed by atoms with Crippen molar-refractivity contribution >= 4 is 48.8 Å². The molecule has 1 fully saturated rings. The van der Waals surface area contributed by atoms with Crippen molar-refractivity contribution in [2.45, 2.75) is 56.8 Å². The zero-order valence-corrected chi connectivity index (χ0v) is 31.3. The number of ether oxygens (including phenoxy) is 2. The molecule has 0 saturated carbocycles. The molecule has 7 rings (SSSR count). The number of benzene rings is 4. The van der Waals surface area contributed by atoms with Crippen LogP contribution in [0.2, 0.25) is 18.6 Å². The number of carbonyl (C=O) groups is 3. The quantitative estimate of drug-likeness (QED) is 0.116. The van der Waals surface area contributed by atoms with Gasteiger partial charge in [-0.15, -0.1) is 0 Å². The van der Waals surface area contributed by atoms with Gasteiger partial charge < -0.3 is 29.2 Å². The fraction of sp³-hybridized carbons (Fsp3) is 0.325. The molecule has 3 aliphatic rings. The van der Waals surface area contributed by atoms with Crippen molar-refractivity contribution in [1.82, 2.24) is 4.90 Å². The molecule has 14 heteroatoms. The van der Waals surface area contributed by atoms with Gasteiger partial charge in [-0.2, -0.15) is 0 Å². The number of amides is 3. The second kappa shape index (κ2) is 14.4. The number of nitro groups is 1. The van der Waals surface area contributed by atoms with Crippen molar-refractivity contribution in [2.75, 3.05) is 29.6 Å². The van der Waals surface area contributed by atoms with E-state index in [0.717, 1.165) is 11.1 Å².